The van der Waals surface area contributed by atoms with Crippen molar-refractivity contribution in [2.75, 3.05) is 26.2 Å². The van der Waals surface area contributed by atoms with Crippen LogP contribution in [0.5, 0.6) is 0 Å². The Morgan fingerprint density at radius 1 is 0.814 bits per heavy atom. The number of nitrogens with zero attached hydrogens (tertiary/aromatic N) is 4. The fourth-order valence-corrected chi connectivity index (χ4v) is 4.97. The number of aliphatic imine (C=N–C) groups is 2. The van der Waals surface area contributed by atoms with E-state index in [0.717, 1.165) is 95.5 Å². The molecule has 5 aromatic rings. The van der Waals surface area contributed by atoms with Crippen LogP contribution in [0.15, 0.2) is 83.0 Å². The molecule has 9 nitrogen and oxygen atoms in total. The van der Waals surface area contributed by atoms with E-state index >= 15 is 0 Å². The molecule has 7 rings (SSSR count). The van der Waals surface area contributed by atoms with Crippen molar-refractivity contribution in [1.82, 2.24) is 25.0 Å². The van der Waals surface area contributed by atoms with Crippen LogP contribution in [0.2, 0.25) is 0 Å². The molecule has 0 saturated heterocycles. The summed E-state index contributed by atoms with van der Waals surface area (Å²) >= 11 is 0. The number of hydrogen-bond donors (Lipinski definition) is 4. The number of aliphatic carboxylic acids is 1. The summed E-state index contributed by atoms with van der Waals surface area (Å²) in [5.74, 6) is -0.801. The molecule has 0 radical (unpaired) electrons. The first-order valence-corrected chi connectivity index (χ1v) is 13.8. The van der Waals surface area contributed by atoms with Crippen molar-refractivity contribution in [2.45, 2.75) is 19.0 Å². The van der Waals surface area contributed by atoms with Gasteiger partial charge in [-0.1, -0.05) is 36.4 Å². The Labute approximate surface area is 244 Å². The van der Waals surface area contributed by atoms with E-state index in [2.05, 4.69) is 103 Å². The van der Waals surface area contributed by atoms with Crippen LogP contribution >= 0.6 is 0 Å². The van der Waals surface area contributed by atoms with Gasteiger partial charge in [0.15, 0.2) is 0 Å². The Morgan fingerprint density at radius 2 is 1.42 bits per heavy atom. The Hall–Kier alpha value is -5.13. The SMILES string of the molecule is O=C(O)C(F)(F)F.c1cc2cc(-c3ccc(-c4cn5ccc(C6=NCCCN6)cc5n4)cc3)[nH]c2cc1C1=NCCCN1. The maximum absolute atomic E-state index is 10.6. The summed E-state index contributed by atoms with van der Waals surface area (Å²) < 4.78 is 33.8. The van der Waals surface area contributed by atoms with E-state index in [4.69, 9.17) is 14.9 Å². The molecule has 0 saturated carbocycles. The number of fused-ring (bicyclic) bond motifs is 2. The van der Waals surface area contributed by atoms with Crippen molar-refractivity contribution in [3.8, 4) is 22.5 Å². The van der Waals surface area contributed by atoms with Crippen LogP contribution in [-0.4, -0.2) is 69.5 Å². The summed E-state index contributed by atoms with van der Waals surface area (Å²) in [6.45, 7) is 3.73. The number of amidine groups is 2. The number of halogens is 3. The normalized spacial score (nSPS) is 15.1. The van der Waals surface area contributed by atoms with E-state index in [1.54, 1.807) is 0 Å². The fourth-order valence-electron chi connectivity index (χ4n) is 4.97. The number of H-pyrrole nitrogens is 1. The molecule has 12 heteroatoms. The van der Waals surface area contributed by atoms with Crippen LogP contribution in [0.3, 0.4) is 0 Å². The standard InChI is InChI=1S/C29H27N7.C2HF3O2/c1-10-30-28(31-11-1)22-8-7-21-15-24(34-25(21)16-22)19-3-5-20(6-4-19)26-18-36-14-9-23(17-27(36)35-26)29-32-12-2-13-33-29;3-2(4,5)1(6)7/h3-9,14-18,34H,1-2,10-13H2,(H,30,31)(H,32,33);(H,6,7). The minimum absolute atomic E-state index is 0.879. The van der Waals surface area contributed by atoms with Gasteiger partial charge in [-0.2, -0.15) is 13.2 Å². The molecule has 0 amide bonds. The van der Waals surface area contributed by atoms with Crippen molar-refractivity contribution in [2.24, 2.45) is 9.98 Å². The van der Waals surface area contributed by atoms with Crippen LogP contribution in [0.1, 0.15) is 24.0 Å². The lowest BCUT2D eigenvalue weighted by Gasteiger charge is -2.14. The molecule has 0 unspecified atom stereocenters. The molecular formula is C31H28F3N7O2. The van der Waals surface area contributed by atoms with Gasteiger partial charge in [0.2, 0.25) is 0 Å². The van der Waals surface area contributed by atoms with E-state index in [1.165, 1.54) is 5.39 Å². The summed E-state index contributed by atoms with van der Waals surface area (Å²) in [5.41, 5.74) is 8.57. The second kappa shape index (κ2) is 11.6. The van der Waals surface area contributed by atoms with Gasteiger partial charge < -0.3 is 25.1 Å². The molecule has 4 N–H and O–H groups in total. The number of aromatic amines is 1. The Kier molecular flexibility index (Phi) is 7.58. The number of nitrogens with one attached hydrogen (secondary N) is 3. The van der Waals surface area contributed by atoms with Gasteiger partial charge in [-0.25, -0.2) is 9.78 Å². The average Bonchev–Trinajstić information content (AvgIpc) is 3.66. The molecule has 0 spiro atoms. The van der Waals surface area contributed by atoms with Gasteiger partial charge in [-0.15, -0.1) is 0 Å². The van der Waals surface area contributed by atoms with Crippen LogP contribution in [-0.2, 0) is 4.79 Å². The Balaban J connectivity index is 0.000000423. The van der Waals surface area contributed by atoms with Gasteiger partial charge in [0.05, 0.1) is 5.69 Å². The van der Waals surface area contributed by atoms with Crippen LogP contribution in [0.25, 0.3) is 39.1 Å². The van der Waals surface area contributed by atoms with Crippen LogP contribution in [0.4, 0.5) is 13.2 Å². The molecular weight excluding hydrogens is 559 g/mol. The largest absolute Gasteiger partial charge is 0.490 e. The molecule has 5 heterocycles. The number of hydrogen-bond acceptors (Lipinski definition) is 6. The van der Waals surface area contributed by atoms with E-state index in [9.17, 15) is 13.2 Å². The van der Waals surface area contributed by atoms with Gasteiger partial charge in [-0.3, -0.25) is 9.98 Å². The molecule has 220 valence electrons. The lowest BCUT2D eigenvalue weighted by molar-refractivity contribution is -0.192. The minimum atomic E-state index is -5.08. The highest BCUT2D eigenvalue weighted by Gasteiger charge is 2.38. The summed E-state index contributed by atoms with van der Waals surface area (Å²) in [4.78, 5) is 26.6. The second-order valence-corrected chi connectivity index (χ2v) is 10.2. The first-order chi connectivity index (χ1) is 20.7. The monoisotopic (exact) mass is 587 g/mol. The molecule has 43 heavy (non-hydrogen) atoms. The zero-order chi connectivity index (χ0) is 30.0. The molecule has 0 atom stereocenters. The predicted molar refractivity (Wildman–Crippen MR) is 160 cm³/mol. The smallest absolute Gasteiger partial charge is 0.475 e. The van der Waals surface area contributed by atoms with Crippen molar-refractivity contribution in [3.05, 3.63) is 84.2 Å². The summed E-state index contributed by atoms with van der Waals surface area (Å²) in [6, 6.07) is 21.5. The lowest BCUT2D eigenvalue weighted by Crippen LogP contribution is -2.30. The summed E-state index contributed by atoms with van der Waals surface area (Å²) in [5, 5.41) is 15.1. The Morgan fingerprint density at radius 3 is 2.02 bits per heavy atom. The predicted octanol–water partition coefficient (Wildman–Crippen LogP) is 5.26. The third-order valence-electron chi connectivity index (χ3n) is 7.16. The maximum Gasteiger partial charge on any atom is 0.490 e. The van der Waals surface area contributed by atoms with Gasteiger partial charge in [0.1, 0.15) is 17.3 Å². The number of carboxylic acid groups (broad SMARTS) is 1. The van der Waals surface area contributed by atoms with Gasteiger partial charge >= 0.3 is 12.1 Å². The number of carboxylic acids is 1. The van der Waals surface area contributed by atoms with E-state index in [-0.39, 0.29) is 0 Å². The van der Waals surface area contributed by atoms with Crippen molar-refractivity contribution >= 4 is 34.2 Å². The number of imidazole rings is 1. The summed E-state index contributed by atoms with van der Waals surface area (Å²) in [6.07, 6.45) is 1.23. The number of benzene rings is 2. The van der Waals surface area contributed by atoms with Gasteiger partial charge in [0.25, 0.3) is 0 Å². The van der Waals surface area contributed by atoms with Gasteiger partial charge in [0, 0.05) is 71.9 Å². The third-order valence-corrected chi connectivity index (χ3v) is 7.16. The molecule has 0 fully saturated rings. The summed E-state index contributed by atoms with van der Waals surface area (Å²) in [7, 11) is 0. The molecule has 3 aromatic heterocycles. The van der Waals surface area contributed by atoms with Crippen LogP contribution in [0, 0.1) is 0 Å². The third kappa shape index (κ3) is 6.22. The fraction of sp³-hybridized carbons (Fsp3) is 0.226. The number of aromatic nitrogens is 3. The van der Waals surface area contributed by atoms with E-state index < -0.39 is 12.1 Å². The number of pyridine rings is 1. The quantitative estimate of drug-likeness (QED) is 0.229. The van der Waals surface area contributed by atoms with Gasteiger partial charge in [-0.05, 0) is 42.7 Å². The first kappa shape index (κ1) is 28.0. The molecule has 2 aliphatic rings. The van der Waals surface area contributed by atoms with Crippen molar-refractivity contribution in [1.29, 1.82) is 0 Å². The molecule has 2 aliphatic heterocycles. The Bertz CT molecular complexity index is 1730. The lowest BCUT2D eigenvalue weighted by atomic mass is 10.1. The highest BCUT2D eigenvalue weighted by molar-refractivity contribution is 6.02. The van der Waals surface area contributed by atoms with Crippen LogP contribution < -0.4 is 10.6 Å². The van der Waals surface area contributed by atoms with E-state index in [1.807, 2.05) is 0 Å². The molecule has 2 aromatic carbocycles. The number of alkyl halides is 3. The minimum Gasteiger partial charge on any atom is -0.475 e. The van der Waals surface area contributed by atoms with E-state index in [0.29, 0.717) is 0 Å². The molecule has 0 aliphatic carbocycles. The highest BCUT2D eigenvalue weighted by atomic mass is 19.4. The first-order valence-electron chi connectivity index (χ1n) is 13.8. The topological polar surface area (TPSA) is 119 Å². The molecule has 0 bridgehead atoms. The highest BCUT2D eigenvalue weighted by Crippen LogP contribution is 2.28. The van der Waals surface area contributed by atoms with Crippen molar-refractivity contribution in [3.63, 3.8) is 0 Å². The zero-order valence-electron chi connectivity index (χ0n) is 22.9. The number of carbonyl (C=O) groups is 1. The number of rotatable bonds is 4. The van der Waals surface area contributed by atoms with Crippen molar-refractivity contribution < 1.29 is 23.1 Å². The maximum atomic E-state index is 10.6. The average molecular weight is 588 g/mol. The zero-order valence-corrected chi connectivity index (χ0v) is 22.9. The second-order valence-electron chi connectivity index (χ2n) is 10.2.